The molecule has 0 bridgehead atoms. The van der Waals surface area contributed by atoms with Crippen LogP contribution < -0.4 is 4.74 Å². The Balaban J connectivity index is -0.000000210. The van der Waals surface area contributed by atoms with Crippen LogP contribution in [0.4, 0.5) is 0 Å². The first kappa shape index (κ1) is 38.6. The second-order valence-corrected chi connectivity index (χ2v) is 6.78. The van der Waals surface area contributed by atoms with Crippen LogP contribution in [0.1, 0.15) is 126 Å². The van der Waals surface area contributed by atoms with E-state index in [1.165, 1.54) is 61.8 Å². The van der Waals surface area contributed by atoms with Crippen LogP contribution in [0.5, 0.6) is 5.75 Å². The summed E-state index contributed by atoms with van der Waals surface area (Å²) in [6, 6.07) is 7.96. The van der Waals surface area contributed by atoms with Gasteiger partial charge in [0.15, 0.2) is 0 Å². The fourth-order valence-corrected chi connectivity index (χ4v) is 2.60. The van der Waals surface area contributed by atoms with Gasteiger partial charge >= 0.3 is 0 Å². The zero-order chi connectivity index (χ0) is 26.3. The van der Waals surface area contributed by atoms with Crippen molar-refractivity contribution in [2.45, 2.75) is 128 Å². The fourth-order valence-electron chi connectivity index (χ4n) is 2.60. The average Bonchev–Trinajstić information content (AvgIpc) is 2.90. The zero-order valence-electron chi connectivity index (χ0n) is 24.6. The van der Waals surface area contributed by atoms with E-state index in [2.05, 4.69) is 32.9 Å². The average molecular weight is 465 g/mol. The van der Waals surface area contributed by atoms with E-state index < -0.39 is 0 Å². The van der Waals surface area contributed by atoms with E-state index in [4.69, 9.17) is 9.47 Å². The third-order valence-electron chi connectivity index (χ3n) is 4.36. The molecule has 0 spiro atoms. The first-order valence-electron chi connectivity index (χ1n) is 13.8. The van der Waals surface area contributed by atoms with Crippen molar-refractivity contribution in [2.24, 2.45) is 0 Å². The lowest BCUT2D eigenvalue weighted by atomic mass is 10.1. The number of ether oxygens (including phenoxy) is 2. The molecule has 0 saturated heterocycles. The van der Waals surface area contributed by atoms with Crippen LogP contribution in [-0.2, 0) is 4.74 Å². The van der Waals surface area contributed by atoms with Gasteiger partial charge in [0, 0.05) is 6.42 Å². The smallest absolute Gasteiger partial charge is 0.118 e. The molecule has 1 aliphatic carbocycles. The maximum absolute atomic E-state index is 5.75. The molecule has 33 heavy (non-hydrogen) atoms. The summed E-state index contributed by atoms with van der Waals surface area (Å²) in [6.45, 7) is 23.4. The van der Waals surface area contributed by atoms with Crippen LogP contribution in [0.2, 0.25) is 0 Å². The zero-order valence-corrected chi connectivity index (χ0v) is 24.6. The van der Waals surface area contributed by atoms with Crippen LogP contribution in [-0.4, -0.2) is 13.7 Å². The lowest BCUT2D eigenvalue weighted by molar-refractivity contribution is 0.194. The summed E-state index contributed by atoms with van der Waals surface area (Å²) in [5, 5.41) is 0. The summed E-state index contributed by atoms with van der Waals surface area (Å²) in [5.41, 5.74) is 2.72. The molecule has 0 aliphatic heterocycles. The first-order valence-corrected chi connectivity index (χ1v) is 13.8. The first-order chi connectivity index (χ1) is 16.2. The van der Waals surface area contributed by atoms with Gasteiger partial charge in [0.2, 0.25) is 0 Å². The predicted molar refractivity (Wildman–Crippen MR) is 154 cm³/mol. The Labute approximate surface area is 209 Å². The molecule has 1 aromatic carbocycles. The number of hydrogen-bond donors (Lipinski definition) is 0. The minimum Gasteiger partial charge on any atom is -0.498 e. The van der Waals surface area contributed by atoms with Crippen LogP contribution in [0.15, 0.2) is 47.7 Å². The highest BCUT2D eigenvalue weighted by molar-refractivity contribution is 5.25. The van der Waals surface area contributed by atoms with E-state index in [-0.39, 0.29) is 0 Å². The van der Waals surface area contributed by atoms with E-state index >= 15 is 0 Å². The molecule has 1 aromatic rings. The van der Waals surface area contributed by atoms with Crippen molar-refractivity contribution in [2.75, 3.05) is 13.7 Å². The summed E-state index contributed by atoms with van der Waals surface area (Å²) in [7, 11) is 1.67. The molecular weight excluding hydrogens is 404 g/mol. The molecule has 1 aliphatic rings. The van der Waals surface area contributed by atoms with Crippen molar-refractivity contribution in [3.05, 3.63) is 53.3 Å². The number of aryl methyl sites for hydroxylation is 1. The monoisotopic (exact) mass is 464 g/mol. The Hall–Kier alpha value is -1.70. The molecule has 0 saturated carbocycles. The number of benzene rings is 1. The summed E-state index contributed by atoms with van der Waals surface area (Å²) < 4.78 is 10.7. The van der Waals surface area contributed by atoms with Crippen molar-refractivity contribution >= 4 is 0 Å². The van der Waals surface area contributed by atoms with Crippen molar-refractivity contribution in [1.29, 1.82) is 0 Å². The van der Waals surface area contributed by atoms with Crippen LogP contribution in [0, 0.1) is 6.92 Å². The lowest BCUT2D eigenvalue weighted by Gasteiger charge is -2.13. The maximum atomic E-state index is 5.75. The number of allylic oxidation sites excluding steroid dienone is 4. The van der Waals surface area contributed by atoms with Crippen LogP contribution >= 0.6 is 0 Å². The van der Waals surface area contributed by atoms with Crippen molar-refractivity contribution < 1.29 is 9.47 Å². The number of unbranched alkanes of at least 4 members (excludes halogenated alkanes) is 5. The second kappa shape index (κ2) is 34.9. The third kappa shape index (κ3) is 28.3. The highest BCUT2D eigenvalue weighted by Gasteiger charge is 2.03. The SMILES string of the molecule is CC.CC.CC.CC.CCCCCCCCOC1=CC=C(C)CC1.COc1ccc(C)cc1. The summed E-state index contributed by atoms with van der Waals surface area (Å²) in [5.74, 6) is 2.10. The Morgan fingerprint density at radius 3 is 1.64 bits per heavy atom. The Morgan fingerprint density at radius 2 is 1.18 bits per heavy atom. The van der Waals surface area contributed by atoms with Gasteiger partial charge in [-0.3, -0.25) is 0 Å². The topological polar surface area (TPSA) is 18.5 Å². The van der Waals surface area contributed by atoms with Crippen molar-refractivity contribution in [3.8, 4) is 5.75 Å². The molecule has 2 nitrogen and oxygen atoms in total. The molecule has 2 rings (SSSR count). The third-order valence-corrected chi connectivity index (χ3v) is 4.36. The van der Waals surface area contributed by atoms with Gasteiger partial charge in [0.1, 0.15) is 5.75 Å². The molecule has 2 heteroatoms. The van der Waals surface area contributed by atoms with Crippen molar-refractivity contribution in [3.63, 3.8) is 0 Å². The van der Waals surface area contributed by atoms with Gasteiger partial charge in [0.25, 0.3) is 0 Å². The Kier molecular flexibility index (Phi) is 40.8. The van der Waals surface area contributed by atoms with Crippen LogP contribution in [0.25, 0.3) is 0 Å². The molecule has 0 aromatic heterocycles. The Bertz CT molecular complexity index is 512. The minimum atomic E-state index is 0.908. The largest absolute Gasteiger partial charge is 0.498 e. The normalized spacial score (nSPS) is 10.8. The van der Waals surface area contributed by atoms with Gasteiger partial charge in [-0.15, -0.1) is 0 Å². The van der Waals surface area contributed by atoms with Gasteiger partial charge < -0.3 is 9.47 Å². The summed E-state index contributed by atoms with van der Waals surface area (Å²) in [6.07, 6.45) is 14.6. The standard InChI is InChI=1S/C15H26O.C8H10O.4C2H6/c1-3-4-5-6-7-8-13-16-15-11-9-14(2)10-12-15;1-7-3-5-8(9-2)6-4-7;4*1-2/h9,11H,3-8,10,12-13H2,1-2H3;3-6H,1-2H3;4*1-2H3. The number of hydrogen-bond acceptors (Lipinski definition) is 2. The molecule has 0 unspecified atom stereocenters. The maximum Gasteiger partial charge on any atom is 0.118 e. The van der Waals surface area contributed by atoms with Gasteiger partial charge in [0.05, 0.1) is 19.5 Å². The van der Waals surface area contributed by atoms with E-state index in [1.54, 1.807) is 7.11 Å². The Morgan fingerprint density at radius 1 is 0.667 bits per heavy atom. The second-order valence-electron chi connectivity index (χ2n) is 6.78. The van der Waals surface area contributed by atoms with E-state index in [1.807, 2.05) is 79.7 Å². The molecule has 0 heterocycles. The van der Waals surface area contributed by atoms with Gasteiger partial charge in [-0.05, 0) is 44.9 Å². The molecule has 0 amide bonds. The number of rotatable bonds is 9. The van der Waals surface area contributed by atoms with E-state index in [9.17, 15) is 0 Å². The van der Waals surface area contributed by atoms with Gasteiger partial charge in [-0.1, -0.05) is 124 Å². The van der Waals surface area contributed by atoms with E-state index in [0.717, 1.165) is 18.8 Å². The van der Waals surface area contributed by atoms with Gasteiger partial charge in [-0.25, -0.2) is 0 Å². The molecule has 196 valence electrons. The summed E-state index contributed by atoms with van der Waals surface area (Å²) in [4.78, 5) is 0. The quantitative estimate of drug-likeness (QED) is 0.338. The molecule has 0 radical (unpaired) electrons. The number of methoxy groups -OCH3 is 1. The highest BCUT2D eigenvalue weighted by atomic mass is 16.5. The van der Waals surface area contributed by atoms with E-state index in [0.29, 0.717) is 0 Å². The van der Waals surface area contributed by atoms with Crippen molar-refractivity contribution in [1.82, 2.24) is 0 Å². The molecular formula is C31H60O2. The summed E-state index contributed by atoms with van der Waals surface area (Å²) >= 11 is 0. The molecule has 0 fully saturated rings. The molecule has 0 N–H and O–H groups in total. The predicted octanol–water partition coefficient (Wildman–Crippen LogP) is 11.1. The fraction of sp³-hybridized carbons (Fsp3) is 0.677. The van der Waals surface area contributed by atoms with Crippen LogP contribution in [0.3, 0.4) is 0 Å². The minimum absolute atomic E-state index is 0.908. The highest BCUT2D eigenvalue weighted by Crippen LogP contribution is 2.19. The molecule has 0 atom stereocenters. The lowest BCUT2D eigenvalue weighted by Crippen LogP contribution is -1.98. The van der Waals surface area contributed by atoms with Gasteiger partial charge in [-0.2, -0.15) is 0 Å².